The second kappa shape index (κ2) is 9.47. The summed E-state index contributed by atoms with van der Waals surface area (Å²) >= 11 is 0. The smallest absolute Gasteiger partial charge is 0.387 e. The fourth-order valence-corrected chi connectivity index (χ4v) is 3.43. The Hall–Kier alpha value is -2.61. The van der Waals surface area contributed by atoms with E-state index in [1.54, 1.807) is 30.3 Å². The van der Waals surface area contributed by atoms with Crippen LogP contribution in [0.3, 0.4) is 0 Å². The Kier molecular flexibility index (Phi) is 6.97. The van der Waals surface area contributed by atoms with Gasteiger partial charge in [0.1, 0.15) is 36.3 Å². The number of aliphatic hydroxyl groups excluding tert-OH is 4. The van der Waals surface area contributed by atoms with Gasteiger partial charge in [-0.3, -0.25) is 0 Å². The van der Waals surface area contributed by atoms with Crippen LogP contribution < -0.4 is 4.74 Å². The zero-order chi connectivity index (χ0) is 21.8. The summed E-state index contributed by atoms with van der Waals surface area (Å²) in [6, 6.07) is 12.8. The van der Waals surface area contributed by atoms with E-state index in [0.29, 0.717) is 23.1 Å². The van der Waals surface area contributed by atoms with Gasteiger partial charge in [0.2, 0.25) is 0 Å². The molecule has 1 aliphatic rings. The molecule has 7 nitrogen and oxygen atoms in total. The molecule has 3 rings (SSSR count). The number of alkyl halides is 2. The van der Waals surface area contributed by atoms with Crippen molar-refractivity contribution in [2.24, 2.45) is 0 Å². The van der Waals surface area contributed by atoms with Gasteiger partial charge in [-0.15, -0.1) is 0 Å². The summed E-state index contributed by atoms with van der Waals surface area (Å²) in [5.74, 6) is 0.0179. The average molecular weight is 421 g/mol. The van der Waals surface area contributed by atoms with Crippen molar-refractivity contribution in [2.45, 2.75) is 43.6 Å². The Labute approximate surface area is 171 Å². The van der Waals surface area contributed by atoms with Gasteiger partial charge in [0.05, 0.1) is 18.2 Å². The van der Waals surface area contributed by atoms with Crippen LogP contribution >= 0.6 is 0 Å². The van der Waals surface area contributed by atoms with Crippen LogP contribution in [0.15, 0.2) is 42.5 Å². The van der Waals surface area contributed by atoms with E-state index in [-0.39, 0.29) is 5.75 Å². The molecule has 1 fully saturated rings. The van der Waals surface area contributed by atoms with Crippen LogP contribution in [0.25, 0.3) is 0 Å². The molecule has 1 aliphatic heterocycles. The largest absolute Gasteiger partial charge is 0.435 e. The fraction of sp³-hybridized carbons (Fsp3) is 0.381. The Morgan fingerprint density at radius 1 is 1.03 bits per heavy atom. The highest BCUT2D eigenvalue weighted by molar-refractivity contribution is 5.44. The first kappa shape index (κ1) is 22.1. The number of hydrogen-bond acceptors (Lipinski definition) is 7. The van der Waals surface area contributed by atoms with Gasteiger partial charge >= 0.3 is 6.61 Å². The van der Waals surface area contributed by atoms with Gasteiger partial charge in [0, 0.05) is 0 Å². The second-order valence-electron chi connectivity index (χ2n) is 6.98. The van der Waals surface area contributed by atoms with Crippen molar-refractivity contribution in [2.75, 3.05) is 6.61 Å². The van der Waals surface area contributed by atoms with Crippen molar-refractivity contribution in [1.82, 2.24) is 0 Å². The van der Waals surface area contributed by atoms with Gasteiger partial charge in [-0.05, 0) is 41.3 Å². The van der Waals surface area contributed by atoms with Gasteiger partial charge in [-0.25, -0.2) is 0 Å². The fourth-order valence-electron chi connectivity index (χ4n) is 3.43. The van der Waals surface area contributed by atoms with Crippen molar-refractivity contribution in [3.8, 4) is 11.8 Å². The van der Waals surface area contributed by atoms with Gasteiger partial charge in [-0.1, -0.05) is 24.3 Å². The number of rotatable bonds is 6. The maximum Gasteiger partial charge on any atom is 0.387 e. The molecule has 1 saturated heterocycles. The van der Waals surface area contributed by atoms with Crippen LogP contribution in [0.2, 0.25) is 0 Å². The SMILES string of the molecule is N#Cc1ccc(C2O[C@H](CO)[C@@H](O)C(O)[C@H]2O)cc1Cc1ccc(OC(F)F)cc1. The lowest BCUT2D eigenvalue weighted by Crippen LogP contribution is -2.55. The van der Waals surface area contributed by atoms with Crippen molar-refractivity contribution in [1.29, 1.82) is 5.26 Å². The van der Waals surface area contributed by atoms with E-state index in [1.807, 2.05) is 0 Å². The Morgan fingerprint density at radius 2 is 1.73 bits per heavy atom. The summed E-state index contributed by atoms with van der Waals surface area (Å²) < 4.78 is 34.5. The van der Waals surface area contributed by atoms with Gasteiger partial charge in [-0.2, -0.15) is 14.0 Å². The van der Waals surface area contributed by atoms with E-state index in [1.165, 1.54) is 12.1 Å². The quantitative estimate of drug-likeness (QED) is 0.554. The van der Waals surface area contributed by atoms with Crippen LogP contribution in [-0.2, 0) is 11.2 Å². The molecule has 5 atom stereocenters. The maximum atomic E-state index is 12.3. The van der Waals surface area contributed by atoms with E-state index in [0.717, 1.165) is 5.56 Å². The number of halogens is 2. The van der Waals surface area contributed by atoms with Gasteiger partial charge in [0.15, 0.2) is 0 Å². The van der Waals surface area contributed by atoms with Crippen molar-refractivity contribution in [3.63, 3.8) is 0 Å². The van der Waals surface area contributed by atoms with Crippen LogP contribution in [0.4, 0.5) is 8.78 Å². The molecule has 0 aromatic heterocycles. The lowest BCUT2D eigenvalue weighted by molar-refractivity contribution is -0.231. The Bertz CT molecular complexity index is 899. The van der Waals surface area contributed by atoms with Crippen LogP contribution in [0.5, 0.6) is 5.75 Å². The Morgan fingerprint density at radius 3 is 2.33 bits per heavy atom. The lowest BCUT2D eigenvalue weighted by Gasteiger charge is -2.40. The second-order valence-corrected chi connectivity index (χ2v) is 6.98. The average Bonchev–Trinajstić information content (AvgIpc) is 2.73. The number of nitriles is 1. The number of ether oxygens (including phenoxy) is 2. The third-order valence-corrected chi connectivity index (χ3v) is 5.01. The highest BCUT2D eigenvalue weighted by atomic mass is 19.3. The molecule has 9 heteroatoms. The maximum absolute atomic E-state index is 12.3. The first-order valence-corrected chi connectivity index (χ1v) is 9.21. The minimum absolute atomic E-state index is 0.0179. The van der Waals surface area contributed by atoms with E-state index < -0.39 is 43.7 Å². The molecule has 4 N–H and O–H groups in total. The van der Waals surface area contributed by atoms with Crippen molar-refractivity contribution in [3.05, 3.63) is 64.7 Å². The van der Waals surface area contributed by atoms with Gasteiger partial charge in [0.25, 0.3) is 0 Å². The molecular formula is C21H21F2NO6. The van der Waals surface area contributed by atoms with Crippen LogP contribution in [-0.4, -0.2) is 58.1 Å². The molecule has 0 bridgehead atoms. The molecule has 0 aliphatic carbocycles. The zero-order valence-electron chi connectivity index (χ0n) is 15.7. The first-order valence-electron chi connectivity index (χ1n) is 9.21. The van der Waals surface area contributed by atoms with Crippen molar-refractivity contribution < 1.29 is 38.7 Å². The molecule has 1 heterocycles. The molecule has 0 saturated carbocycles. The van der Waals surface area contributed by atoms with Gasteiger partial charge < -0.3 is 29.9 Å². The normalized spacial score (nSPS) is 26.4. The monoisotopic (exact) mass is 421 g/mol. The molecule has 160 valence electrons. The first-order chi connectivity index (χ1) is 14.3. The summed E-state index contributed by atoms with van der Waals surface area (Å²) in [5.41, 5.74) is 2.16. The van der Waals surface area contributed by atoms with E-state index in [2.05, 4.69) is 10.8 Å². The predicted octanol–water partition coefficient (Wildman–Crippen LogP) is 1.27. The molecule has 0 amide bonds. The molecule has 0 spiro atoms. The van der Waals surface area contributed by atoms with Crippen LogP contribution in [0, 0.1) is 11.3 Å². The summed E-state index contributed by atoms with van der Waals surface area (Å²) in [5, 5.41) is 49.0. The van der Waals surface area contributed by atoms with Crippen LogP contribution in [0.1, 0.15) is 28.4 Å². The third-order valence-electron chi connectivity index (χ3n) is 5.01. The van der Waals surface area contributed by atoms with Crippen molar-refractivity contribution >= 4 is 0 Å². The minimum atomic E-state index is -2.92. The van der Waals surface area contributed by atoms with E-state index >= 15 is 0 Å². The Balaban J connectivity index is 1.86. The molecule has 2 aromatic carbocycles. The van der Waals surface area contributed by atoms with E-state index in [4.69, 9.17) is 4.74 Å². The molecule has 30 heavy (non-hydrogen) atoms. The van der Waals surface area contributed by atoms with E-state index in [9.17, 15) is 34.5 Å². The summed E-state index contributed by atoms with van der Waals surface area (Å²) in [6.07, 6.45) is -6.18. The summed E-state index contributed by atoms with van der Waals surface area (Å²) in [7, 11) is 0. The molecule has 2 aromatic rings. The zero-order valence-corrected chi connectivity index (χ0v) is 15.7. The number of benzene rings is 2. The lowest BCUT2D eigenvalue weighted by atomic mass is 9.89. The number of nitrogens with zero attached hydrogens (tertiary/aromatic N) is 1. The number of hydrogen-bond donors (Lipinski definition) is 4. The predicted molar refractivity (Wildman–Crippen MR) is 99.8 cm³/mol. The minimum Gasteiger partial charge on any atom is -0.435 e. The summed E-state index contributed by atoms with van der Waals surface area (Å²) in [6.45, 7) is -3.46. The molecule has 2 unspecified atom stereocenters. The summed E-state index contributed by atoms with van der Waals surface area (Å²) in [4.78, 5) is 0. The molecular weight excluding hydrogens is 400 g/mol. The topological polar surface area (TPSA) is 123 Å². The standard InChI is InChI=1S/C21H21F2NO6/c22-21(23)29-15-5-1-11(2-6-15)7-14-8-12(3-4-13(14)9-24)20-19(28)18(27)17(26)16(10-25)30-20/h1-6,8,16-21,25-28H,7,10H2/t16-,17-,18?,19-,20?/m1/s1. The number of aliphatic hydroxyl groups is 4. The molecule has 0 radical (unpaired) electrons. The highest BCUT2D eigenvalue weighted by Crippen LogP contribution is 2.33. The third kappa shape index (κ3) is 4.75. The highest BCUT2D eigenvalue weighted by Gasteiger charge is 2.44.